The number of aryl methyl sites for hydroxylation is 2. The molecule has 0 spiro atoms. The molecule has 1 rings (SSSR count). The highest BCUT2D eigenvalue weighted by Crippen LogP contribution is 2.17. The Balaban J connectivity index is 2.04. The number of hydrogen-bond donors (Lipinski definition) is 1. The van der Waals surface area contributed by atoms with Gasteiger partial charge in [0.1, 0.15) is 0 Å². The molecule has 134 valence electrons. The largest absolute Gasteiger partial charge is 0.367 e. The van der Waals surface area contributed by atoms with Crippen molar-refractivity contribution in [2.24, 2.45) is 0 Å². The average Bonchev–Trinajstić information content (AvgIpc) is 3.00. The third kappa shape index (κ3) is 10.6. The summed E-state index contributed by atoms with van der Waals surface area (Å²) in [7, 11) is 0. The van der Waals surface area contributed by atoms with Gasteiger partial charge in [-0.1, -0.05) is 90.9 Å². The van der Waals surface area contributed by atoms with Crippen LogP contribution in [0.3, 0.4) is 0 Å². The van der Waals surface area contributed by atoms with Crippen molar-refractivity contribution in [1.82, 2.24) is 4.98 Å². The standard InChI is InChI=1S/C22H41N/c1-3-5-7-9-11-13-15-17-21-19-23-20-22(21)18-16-14-12-10-8-6-4-2/h19-20,23H,3-18H2,1-2H3. The van der Waals surface area contributed by atoms with Crippen LogP contribution in [0.5, 0.6) is 0 Å². The maximum Gasteiger partial charge on any atom is 0.00401 e. The first-order chi connectivity index (χ1) is 11.4. The number of nitrogens with one attached hydrogen (secondary N) is 1. The quantitative estimate of drug-likeness (QED) is 0.302. The zero-order chi connectivity index (χ0) is 16.6. The highest BCUT2D eigenvalue weighted by Gasteiger charge is 2.03. The Morgan fingerprint density at radius 3 is 1.26 bits per heavy atom. The molecule has 0 saturated heterocycles. The molecule has 23 heavy (non-hydrogen) atoms. The topological polar surface area (TPSA) is 15.8 Å². The van der Waals surface area contributed by atoms with Crippen molar-refractivity contribution in [3.63, 3.8) is 0 Å². The summed E-state index contributed by atoms with van der Waals surface area (Å²) in [6.45, 7) is 4.58. The second kappa shape index (κ2) is 14.8. The monoisotopic (exact) mass is 319 g/mol. The van der Waals surface area contributed by atoms with E-state index in [0.717, 1.165) is 0 Å². The number of H-pyrrole nitrogens is 1. The number of aromatic nitrogens is 1. The molecule has 0 atom stereocenters. The Morgan fingerprint density at radius 2 is 0.870 bits per heavy atom. The van der Waals surface area contributed by atoms with Crippen molar-refractivity contribution < 1.29 is 0 Å². The molecule has 0 aliphatic rings. The average molecular weight is 320 g/mol. The fraction of sp³-hybridized carbons (Fsp3) is 0.818. The Morgan fingerprint density at radius 1 is 0.522 bits per heavy atom. The van der Waals surface area contributed by atoms with Gasteiger partial charge in [-0.05, 0) is 36.8 Å². The molecule has 0 fully saturated rings. The van der Waals surface area contributed by atoms with E-state index < -0.39 is 0 Å². The van der Waals surface area contributed by atoms with Crippen molar-refractivity contribution in [3.8, 4) is 0 Å². The van der Waals surface area contributed by atoms with E-state index in [9.17, 15) is 0 Å². The van der Waals surface area contributed by atoms with E-state index in [0.29, 0.717) is 0 Å². The maximum absolute atomic E-state index is 3.34. The maximum atomic E-state index is 3.34. The predicted molar refractivity (Wildman–Crippen MR) is 104 cm³/mol. The minimum atomic E-state index is 1.28. The minimum Gasteiger partial charge on any atom is -0.367 e. The molecule has 0 aromatic carbocycles. The smallest absolute Gasteiger partial charge is 0.00401 e. The molecule has 0 amide bonds. The van der Waals surface area contributed by atoms with Gasteiger partial charge in [-0.25, -0.2) is 0 Å². The van der Waals surface area contributed by atoms with Crippen molar-refractivity contribution in [3.05, 3.63) is 23.5 Å². The van der Waals surface area contributed by atoms with Crippen molar-refractivity contribution in [1.29, 1.82) is 0 Å². The van der Waals surface area contributed by atoms with Crippen LogP contribution in [0.2, 0.25) is 0 Å². The summed E-state index contributed by atoms with van der Waals surface area (Å²) in [4.78, 5) is 3.34. The fourth-order valence-corrected chi connectivity index (χ4v) is 3.44. The Hall–Kier alpha value is -0.720. The third-order valence-corrected chi connectivity index (χ3v) is 5.03. The summed E-state index contributed by atoms with van der Waals surface area (Å²) in [5, 5.41) is 0. The molecule has 0 radical (unpaired) electrons. The Labute approximate surface area is 145 Å². The van der Waals surface area contributed by atoms with E-state index in [1.807, 2.05) is 0 Å². The van der Waals surface area contributed by atoms with E-state index in [4.69, 9.17) is 0 Å². The molecule has 0 saturated carbocycles. The first kappa shape index (κ1) is 20.3. The van der Waals surface area contributed by atoms with Crippen molar-refractivity contribution >= 4 is 0 Å². The van der Waals surface area contributed by atoms with Crippen LogP contribution in [0.25, 0.3) is 0 Å². The van der Waals surface area contributed by atoms with Crippen LogP contribution in [0.4, 0.5) is 0 Å². The third-order valence-electron chi connectivity index (χ3n) is 5.03. The van der Waals surface area contributed by atoms with Crippen LogP contribution in [0.1, 0.15) is 115 Å². The van der Waals surface area contributed by atoms with Crippen LogP contribution in [-0.4, -0.2) is 4.98 Å². The highest BCUT2D eigenvalue weighted by atomic mass is 14.6. The van der Waals surface area contributed by atoms with Gasteiger partial charge in [-0.3, -0.25) is 0 Å². The first-order valence-corrected chi connectivity index (χ1v) is 10.5. The second-order valence-corrected chi connectivity index (χ2v) is 7.25. The van der Waals surface area contributed by atoms with Crippen LogP contribution >= 0.6 is 0 Å². The van der Waals surface area contributed by atoms with Gasteiger partial charge in [-0.2, -0.15) is 0 Å². The molecule has 1 heterocycles. The molecule has 1 heteroatoms. The molecular formula is C22H41N. The van der Waals surface area contributed by atoms with Gasteiger partial charge in [0, 0.05) is 12.4 Å². The fourth-order valence-electron chi connectivity index (χ4n) is 3.44. The van der Waals surface area contributed by atoms with E-state index >= 15 is 0 Å². The lowest BCUT2D eigenvalue weighted by molar-refractivity contribution is 0.583. The lowest BCUT2D eigenvalue weighted by Gasteiger charge is -2.05. The highest BCUT2D eigenvalue weighted by molar-refractivity contribution is 5.23. The van der Waals surface area contributed by atoms with E-state index in [1.54, 1.807) is 11.1 Å². The SMILES string of the molecule is CCCCCCCCCc1c[nH]cc1CCCCCCCCC. The molecule has 0 aliphatic carbocycles. The molecule has 0 aliphatic heterocycles. The number of unbranched alkanes of at least 4 members (excludes halogenated alkanes) is 12. The summed E-state index contributed by atoms with van der Waals surface area (Å²) >= 11 is 0. The van der Waals surface area contributed by atoms with Crippen LogP contribution in [0, 0.1) is 0 Å². The van der Waals surface area contributed by atoms with Gasteiger partial charge in [0.05, 0.1) is 0 Å². The first-order valence-electron chi connectivity index (χ1n) is 10.5. The number of hydrogen-bond acceptors (Lipinski definition) is 0. The summed E-state index contributed by atoms with van der Waals surface area (Å²) < 4.78 is 0. The van der Waals surface area contributed by atoms with Gasteiger partial charge in [0.25, 0.3) is 0 Å². The molecule has 0 bridgehead atoms. The van der Waals surface area contributed by atoms with Crippen molar-refractivity contribution in [2.75, 3.05) is 0 Å². The molecular weight excluding hydrogens is 278 g/mol. The van der Waals surface area contributed by atoms with Crippen LogP contribution in [0.15, 0.2) is 12.4 Å². The Bertz CT molecular complexity index is 320. The van der Waals surface area contributed by atoms with Crippen molar-refractivity contribution in [2.45, 2.75) is 117 Å². The predicted octanol–water partition coefficient (Wildman–Crippen LogP) is 7.60. The molecule has 0 unspecified atom stereocenters. The lowest BCUT2D eigenvalue weighted by atomic mass is 10.00. The zero-order valence-corrected chi connectivity index (χ0v) is 16.0. The van der Waals surface area contributed by atoms with E-state index in [1.165, 1.54) is 103 Å². The lowest BCUT2D eigenvalue weighted by Crippen LogP contribution is -1.92. The number of aromatic amines is 1. The van der Waals surface area contributed by atoms with Gasteiger partial charge < -0.3 is 4.98 Å². The van der Waals surface area contributed by atoms with E-state index in [-0.39, 0.29) is 0 Å². The van der Waals surface area contributed by atoms with Gasteiger partial charge in [0.15, 0.2) is 0 Å². The van der Waals surface area contributed by atoms with Gasteiger partial charge >= 0.3 is 0 Å². The van der Waals surface area contributed by atoms with Crippen LogP contribution in [-0.2, 0) is 12.8 Å². The summed E-state index contributed by atoms with van der Waals surface area (Å²) in [6.07, 6.45) is 26.7. The Kier molecular flexibility index (Phi) is 13.1. The van der Waals surface area contributed by atoms with Gasteiger partial charge in [0.2, 0.25) is 0 Å². The van der Waals surface area contributed by atoms with Crippen LogP contribution < -0.4 is 0 Å². The summed E-state index contributed by atoms with van der Waals surface area (Å²) in [5.41, 5.74) is 3.18. The normalized spacial score (nSPS) is 11.2. The molecule has 1 aromatic heterocycles. The minimum absolute atomic E-state index is 1.28. The second-order valence-electron chi connectivity index (χ2n) is 7.25. The van der Waals surface area contributed by atoms with E-state index in [2.05, 4.69) is 31.2 Å². The van der Waals surface area contributed by atoms with Gasteiger partial charge in [-0.15, -0.1) is 0 Å². The molecule has 1 N–H and O–H groups in total. The molecule has 1 nitrogen and oxygen atoms in total. The zero-order valence-electron chi connectivity index (χ0n) is 16.0. The summed E-state index contributed by atoms with van der Waals surface area (Å²) in [6, 6.07) is 0. The summed E-state index contributed by atoms with van der Waals surface area (Å²) in [5.74, 6) is 0. The molecule has 1 aromatic rings. The number of rotatable bonds is 16.